The Morgan fingerprint density at radius 2 is 2.06 bits per heavy atom. The second-order valence-corrected chi connectivity index (χ2v) is 3.96. The lowest BCUT2D eigenvalue weighted by Crippen LogP contribution is -2.14. The van der Waals surface area contributed by atoms with E-state index < -0.39 is 6.10 Å². The van der Waals surface area contributed by atoms with Crippen LogP contribution >= 0.6 is 11.6 Å². The largest absolute Gasteiger partial charge is 0.391 e. The summed E-state index contributed by atoms with van der Waals surface area (Å²) in [6.45, 7) is 2.01. The first-order valence-electron chi connectivity index (χ1n) is 4.87. The molecule has 0 bridgehead atoms. The van der Waals surface area contributed by atoms with Crippen molar-refractivity contribution in [3.8, 4) is 11.4 Å². The van der Waals surface area contributed by atoms with Gasteiger partial charge in [0.25, 0.3) is 0 Å². The van der Waals surface area contributed by atoms with E-state index in [-0.39, 0.29) is 0 Å². The molecule has 0 saturated carbocycles. The Hall–Kier alpha value is -1.46. The Bertz CT molecular complexity index is 466. The molecule has 1 heterocycles. The van der Waals surface area contributed by atoms with E-state index >= 15 is 0 Å². The Kier molecular flexibility index (Phi) is 3.17. The number of hydrogen-bond donors (Lipinski definition) is 1. The molecule has 16 heavy (non-hydrogen) atoms. The predicted molar refractivity (Wildman–Crippen MR) is 59.9 cm³/mol. The summed E-state index contributed by atoms with van der Waals surface area (Å²) >= 11 is 5.78. The van der Waals surface area contributed by atoms with Crippen molar-refractivity contribution >= 4 is 11.6 Å². The molecule has 1 aromatic carbocycles. The van der Waals surface area contributed by atoms with Gasteiger partial charge in [-0.1, -0.05) is 11.6 Å². The second kappa shape index (κ2) is 4.59. The van der Waals surface area contributed by atoms with Crippen LogP contribution in [0.25, 0.3) is 11.4 Å². The SMILES string of the molecule is C[C@@H](O)Cn1nnc(-c2ccc(Cl)cc2)n1. The minimum Gasteiger partial charge on any atom is -0.391 e. The van der Waals surface area contributed by atoms with Crippen molar-refractivity contribution < 1.29 is 5.11 Å². The van der Waals surface area contributed by atoms with E-state index in [9.17, 15) is 5.11 Å². The molecule has 1 aromatic heterocycles. The van der Waals surface area contributed by atoms with Crippen molar-refractivity contribution in [3.05, 3.63) is 29.3 Å². The average molecular weight is 239 g/mol. The number of aromatic nitrogens is 4. The van der Waals surface area contributed by atoms with Crippen molar-refractivity contribution in [3.63, 3.8) is 0 Å². The topological polar surface area (TPSA) is 63.8 Å². The fraction of sp³-hybridized carbons (Fsp3) is 0.300. The van der Waals surface area contributed by atoms with Gasteiger partial charge in [0.1, 0.15) is 0 Å². The van der Waals surface area contributed by atoms with Crippen LogP contribution in [0, 0.1) is 0 Å². The lowest BCUT2D eigenvalue weighted by atomic mass is 10.2. The maximum atomic E-state index is 9.18. The fourth-order valence-electron chi connectivity index (χ4n) is 1.27. The van der Waals surface area contributed by atoms with Crippen LogP contribution in [0.15, 0.2) is 24.3 Å². The number of tetrazole rings is 1. The van der Waals surface area contributed by atoms with Gasteiger partial charge >= 0.3 is 0 Å². The first-order chi connectivity index (χ1) is 7.65. The zero-order valence-electron chi connectivity index (χ0n) is 8.71. The molecule has 0 aliphatic rings. The van der Waals surface area contributed by atoms with Crippen LogP contribution in [-0.2, 0) is 6.54 Å². The zero-order chi connectivity index (χ0) is 11.5. The molecule has 1 atom stereocenters. The zero-order valence-corrected chi connectivity index (χ0v) is 9.46. The highest BCUT2D eigenvalue weighted by molar-refractivity contribution is 6.30. The summed E-state index contributed by atoms with van der Waals surface area (Å²) in [7, 11) is 0. The molecule has 0 saturated heterocycles. The number of hydrogen-bond acceptors (Lipinski definition) is 4. The first-order valence-corrected chi connectivity index (χ1v) is 5.25. The molecule has 0 amide bonds. The van der Waals surface area contributed by atoms with Gasteiger partial charge in [-0.2, -0.15) is 4.80 Å². The van der Waals surface area contributed by atoms with Gasteiger partial charge in [0.2, 0.25) is 5.82 Å². The van der Waals surface area contributed by atoms with Crippen molar-refractivity contribution in [2.24, 2.45) is 0 Å². The smallest absolute Gasteiger partial charge is 0.204 e. The van der Waals surface area contributed by atoms with E-state index in [0.29, 0.717) is 17.4 Å². The predicted octanol–water partition coefficient (Wildman–Crippen LogP) is 1.37. The fourth-order valence-corrected chi connectivity index (χ4v) is 1.40. The van der Waals surface area contributed by atoms with Gasteiger partial charge in [0.15, 0.2) is 0 Å². The molecular formula is C10H11ClN4O. The highest BCUT2D eigenvalue weighted by Crippen LogP contribution is 2.16. The van der Waals surface area contributed by atoms with E-state index in [4.69, 9.17) is 11.6 Å². The van der Waals surface area contributed by atoms with Crippen molar-refractivity contribution in [2.45, 2.75) is 19.6 Å². The third-order valence-electron chi connectivity index (χ3n) is 1.98. The lowest BCUT2D eigenvalue weighted by Gasteiger charge is -1.99. The summed E-state index contributed by atoms with van der Waals surface area (Å²) in [5.41, 5.74) is 0.848. The average Bonchev–Trinajstić information content (AvgIpc) is 2.66. The minimum absolute atomic E-state index is 0.334. The molecule has 0 radical (unpaired) electrons. The standard InChI is InChI=1S/C10H11ClN4O/c1-7(16)6-15-13-10(12-14-15)8-2-4-9(11)5-3-8/h2-5,7,16H,6H2,1H3/t7-/m1/s1. The molecule has 1 N–H and O–H groups in total. The van der Waals surface area contributed by atoms with Crippen LogP contribution in [0.5, 0.6) is 0 Å². The molecule has 2 rings (SSSR count). The van der Waals surface area contributed by atoms with Crippen LogP contribution in [0.3, 0.4) is 0 Å². The second-order valence-electron chi connectivity index (χ2n) is 3.52. The number of halogens is 1. The molecule has 0 spiro atoms. The highest BCUT2D eigenvalue weighted by atomic mass is 35.5. The van der Waals surface area contributed by atoms with Crippen molar-refractivity contribution in [1.29, 1.82) is 0 Å². The summed E-state index contributed by atoms with van der Waals surface area (Å²) < 4.78 is 0. The van der Waals surface area contributed by atoms with Crippen LogP contribution in [0.1, 0.15) is 6.92 Å². The van der Waals surface area contributed by atoms with Gasteiger partial charge in [0, 0.05) is 10.6 Å². The van der Waals surface area contributed by atoms with E-state index in [2.05, 4.69) is 15.4 Å². The van der Waals surface area contributed by atoms with E-state index in [1.807, 2.05) is 12.1 Å². The molecule has 5 nitrogen and oxygen atoms in total. The summed E-state index contributed by atoms with van der Waals surface area (Å²) in [4.78, 5) is 1.37. The molecule has 0 unspecified atom stereocenters. The molecule has 2 aromatic rings. The van der Waals surface area contributed by atoms with Gasteiger partial charge in [0.05, 0.1) is 12.6 Å². The summed E-state index contributed by atoms with van der Waals surface area (Å²) in [6, 6.07) is 7.19. The molecule has 0 aliphatic carbocycles. The van der Waals surface area contributed by atoms with Crippen LogP contribution in [0.4, 0.5) is 0 Å². The third kappa shape index (κ3) is 2.56. The molecule has 84 valence electrons. The van der Waals surface area contributed by atoms with Gasteiger partial charge < -0.3 is 5.11 Å². The molecule has 6 heteroatoms. The van der Waals surface area contributed by atoms with Crippen molar-refractivity contribution in [2.75, 3.05) is 0 Å². The molecular weight excluding hydrogens is 228 g/mol. The summed E-state index contributed by atoms with van der Waals surface area (Å²) in [5, 5.41) is 21.7. The van der Waals surface area contributed by atoms with Gasteiger partial charge in [-0.3, -0.25) is 0 Å². The monoisotopic (exact) mass is 238 g/mol. The number of benzene rings is 1. The van der Waals surface area contributed by atoms with Crippen LogP contribution in [-0.4, -0.2) is 31.4 Å². The highest BCUT2D eigenvalue weighted by Gasteiger charge is 2.06. The van der Waals surface area contributed by atoms with E-state index in [1.165, 1.54) is 4.80 Å². The maximum Gasteiger partial charge on any atom is 0.204 e. The molecule has 0 aliphatic heterocycles. The number of aliphatic hydroxyl groups excluding tert-OH is 1. The number of aliphatic hydroxyl groups is 1. The Labute approximate surface area is 97.7 Å². The third-order valence-corrected chi connectivity index (χ3v) is 2.23. The van der Waals surface area contributed by atoms with Gasteiger partial charge in [-0.25, -0.2) is 0 Å². The van der Waals surface area contributed by atoms with Crippen LogP contribution < -0.4 is 0 Å². The quantitative estimate of drug-likeness (QED) is 0.877. The number of nitrogens with zero attached hydrogens (tertiary/aromatic N) is 4. The Morgan fingerprint density at radius 3 is 2.69 bits per heavy atom. The van der Waals surface area contributed by atoms with Gasteiger partial charge in [-0.15, -0.1) is 10.2 Å². The normalized spacial score (nSPS) is 12.7. The minimum atomic E-state index is -0.493. The lowest BCUT2D eigenvalue weighted by molar-refractivity contribution is 0.161. The molecule has 0 fully saturated rings. The Balaban J connectivity index is 2.21. The maximum absolute atomic E-state index is 9.18. The van der Waals surface area contributed by atoms with Crippen LogP contribution in [0.2, 0.25) is 5.02 Å². The summed E-state index contributed by atoms with van der Waals surface area (Å²) in [5.74, 6) is 0.525. The van der Waals surface area contributed by atoms with Gasteiger partial charge in [-0.05, 0) is 36.4 Å². The first kappa shape index (κ1) is 11.0. The van der Waals surface area contributed by atoms with Crippen molar-refractivity contribution in [1.82, 2.24) is 20.2 Å². The number of rotatable bonds is 3. The van der Waals surface area contributed by atoms with E-state index in [1.54, 1.807) is 19.1 Å². The summed E-state index contributed by atoms with van der Waals surface area (Å²) in [6.07, 6.45) is -0.493. The van der Waals surface area contributed by atoms with E-state index in [0.717, 1.165) is 5.56 Å². The Morgan fingerprint density at radius 1 is 1.38 bits per heavy atom.